The summed E-state index contributed by atoms with van der Waals surface area (Å²) in [5, 5.41) is 6.31. The number of carbonyl (C=O) groups excluding carboxylic acids is 1. The van der Waals surface area contributed by atoms with Crippen LogP contribution in [-0.4, -0.2) is 30.0 Å². The van der Waals surface area contributed by atoms with E-state index in [0.717, 1.165) is 35.2 Å². The second-order valence-electron chi connectivity index (χ2n) is 5.42. The lowest BCUT2D eigenvalue weighted by Gasteiger charge is -2.22. The number of halogens is 1. The molecule has 2 N–H and O–H groups in total. The molecule has 0 aromatic heterocycles. The molecule has 3 rings (SSSR count). The van der Waals surface area contributed by atoms with Crippen LogP contribution in [0.25, 0.3) is 0 Å². The van der Waals surface area contributed by atoms with Crippen LogP contribution in [0.2, 0.25) is 0 Å². The number of para-hydroxylation sites is 1. The number of hydrogen-bond acceptors (Lipinski definition) is 4. The number of ether oxygens (including phenoxy) is 1. The van der Waals surface area contributed by atoms with Gasteiger partial charge in [0.25, 0.3) is 0 Å². The maximum atomic E-state index is 12.1. The van der Waals surface area contributed by atoms with Gasteiger partial charge in [0.2, 0.25) is 5.91 Å². The third kappa shape index (κ3) is 5.74. The molecule has 1 amide bonds. The fourth-order valence-corrected chi connectivity index (χ4v) is 3.37. The molecule has 1 fully saturated rings. The number of thioether (sulfide) groups is 1. The van der Waals surface area contributed by atoms with Crippen molar-refractivity contribution in [1.29, 1.82) is 0 Å². The van der Waals surface area contributed by atoms with E-state index >= 15 is 0 Å². The Bertz CT molecular complexity index is 631. The van der Waals surface area contributed by atoms with Gasteiger partial charge in [0.1, 0.15) is 11.5 Å². The molecule has 128 valence electrons. The number of amides is 1. The second-order valence-corrected chi connectivity index (χ2v) is 6.57. The molecule has 1 unspecified atom stereocenters. The molecule has 0 bridgehead atoms. The zero-order valence-electron chi connectivity index (χ0n) is 13.2. The van der Waals surface area contributed by atoms with Gasteiger partial charge in [-0.1, -0.05) is 18.2 Å². The Kier molecular flexibility index (Phi) is 7.43. The first kappa shape index (κ1) is 18.6. The number of nitrogens with one attached hydrogen (secondary N) is 2. The molecule has 2 aromatic rings. The Balaban J connectivity index is 0.00000208. The predicted molar refractivity (Wildman–Crippen MR) is 103 cm³/mol. The molecule has 4 nitrogen and oxygen atoms in total. The van der Waals surface area contributed by atoms with Gasteiger partial charge in [-0.15, -0.1) is 12.4 Å². The molecule has 1 aliphatic rings. The maximum Gasteiger partial charge on any atom is 0.225 e. The minimum atomic E-state index is 0. The van der Waals surface area contributed by atoms with Crippen LogP contribution in [0.15, 0.2) is 54.6 Å². The molecular formula is C18H21ClN2O2S. The third-order valence-corrected chi connectivity index (χ3v) is 4.68. The van der Waals surface area contributed by atoms with Crippen molar-refractivity contribution in [2.45, 2.75) is 12.5 Å². The van der Waals surface area contributed by atoms with Crippen LogP contribution < -0.4 is 15.4 Å². The fraction of sp³-hybridized carbons (Fsp3) is 0.278. The van der Waals surface area contributed by atoms with Crippen LogP contribution in [-0.2, 0) is 4.79 Å². The molecule has 0 saturated carbocycles. The van der Waals surface area contributed by atoms with E-state index in [1.54, 1.807) is 0 Å². The van der Waals surface area contributed by atoms with E-state index in [1.165, 1.54) is 0 Å². The Morgan fingerprint density at radius 1 is 1.12 bits per heavy atom. The van der Waals surface area contributed by atoms with Crippen molar-refractivity contribution < 1.29 is 9.53 Å². The smallest absolute Gasteiger partial charge is 0.225 e. The average molecular weight is 365 g/mol. The third-order valence-electron chi connectivity index (χ3n) is 3.55. The van der Waals surface area contributed by atoms with Crippen LogP contribution >= 0.6 is 24.2 Å². The SMILES string of the molecule is Cl.O=C(CC1CSCCN1)Nc1ccc(Oc2ccccc2)cc1. The van der Waals surface area contributed by atoms with Crippen LogP contribution in [0.3, 0.4) is 0 Å². The maximum absolute atomic E-state index is 12.1. The Morgan fingerprint density at radius 3 is 2.50 bits per heavy atom. The highest BCUT2D eigenvalue weighted by Gasteiger charge is 2.16. The first-order valence-electron chi connectivity index (χ1n) is 7.73. The van der Waals surface area contributed by atoms with E-state index < -0.39 is 0 Å². The van der Waals surface area contributed by atoms with E-state index in [2.05, 4.69) is 10.6 Å². The molecule has 0 aliphatic carbocycles. The van der Waals surface area contributed by atoms with Gasteiger partial charge in [-0.25, -0.2) is 0 Å². The largest absolute Gasteiger partial charge is 0.457 e. The van der Waals surface area contributed by atoms with Gasteiger partial charge in [-0.2, -0.15) is 11.8 Å². The van der Waals surface area contributed by atoms with Crippen molar-refractivity contribution in [3.8, 4) is 11.5 Å². The standard InChI is InChI=1S/C18H20N2O2S.ClH/c21-18(12-15-13-23-11-10-19-15)20-14-6-8-17(9-7-14)22-16-4-2-1-3-5-16;/h1-9,15,19H,10-13H2,(H,20,21);1H. The molecule has 0 spiro atoms. The van der Waals surface area contributed by atoms with Crippen molar-refractivity contribution in [3.63, 3.8) is 0 Å². The average Bonchev–Trinajstić information content (AvgIpc) is 2.58. The summed E-state index contributed by atoms with van der Waals surface area (Å²) in [7, 11) is 0. The quantitative estimate of drug-likeness (QED) is 0.843. The van der Waals surface area contributed by atoms with Gasteiger partial charge in [-0.3, -0.25) is 4.79 Å². The minimum absolute atomic E-state index is 0. The zero-order chi connectivity index (χ0) is 15.9. The number of hydrogen-bond donors (Lipinski definition) is 2. The lowest BCUT2D eigenvalue weighted by molar-refractivity contribution is -0.116. The summed E-state index contributed by atoms with van der Waals surface area (Å²) < 4.78 is 5.73. The van der Waals surface area contributed by atoms with Crippen molar-refractivity contribution in [2.75, 3.05) is 23.4 Å². The highest BCUT2D eigenvalue weighted by molar-refractivity contribution is 7.99. The van der Waals surface area contributed by atoms with E-state index in [0.29, 0.717) is 6.42 Å². The molecule has 1 aliphatic heterocycles. The molecule has 0 radical (unpaired) electrons. The van der Waals surface area contributed by atoms with Gasteiger partial charge >= 0.3 is 0 Å². The number of rotatable bonds is 5. The number of anilines is 1. The van der Waals surface area contributed by atoms with Gasteiger partial charge in [0, 0.05) is 36.2 Å². The second kappa shape index (κ2) is 9.57. The lowest BCUT2D eigenvalue weighted by atomic mass is 10.2. The molecule has 24 heavy (non-hydrogen) atoms. The van der Waals surface area contributed by atoms with Crippen LogP contribution in [0.5, 0.6) is 11.5 Å². The molecule has 2 aromatic carbocycles. The van der Waals surface area contributed by atoms with Crippen LogP contribution in [0.1, 0.15) is 6.42 Å². The summed E-state index contributed by atoms with van der Waals surface area (Å²) in [5.74, 6) is 3.71. The molecule has 1 atom stereocenters. The van der Waals surface area contributed by atoms with Crippen molar-refractivity contribution in [2.24, 2.45) is 0 Å². The zero-order valence-corrected chi connectivity index (χ0v) is 14.9. The monoisotopic (exact) mass is 364 g/mol. The summed E-state index contributed by atoms with van der Waals surface area (Å²) in [6.07, 6.45) is 0.509. The van der Waals surface area contributed by atoms with E-state index in [-0.39, 0.29) is 24.4 Å². The van der Waals surface area contributed by atoms with Crippen LogP contribution in [0, 0.1) is 0 Å². The summed E-state index contributed by atoms with van der Waals surface area (Å²) in [6.45, 7) is 0.980. The topological polar surface area (TPSA) is 50.4 Å². The molecular weight excluding hydrogens is 344 g/mol. The highest BCUT2D eigenvalue weighted by Crippen LogP contribution is 2.22. The predicted octanol–water partition coefficient (Wildman–Crippen LogP) is 3.93. The van der Waals surface area contributed by atoms with E-state index in [4.69, 9.17) is 4.74 Å². The Labute approximate surface area is 152 Å². The summed E-state index contributed by atoms with van der Waals surface area (Å²) in [5.41, 5.74) is 0.791. The number of benzene rings is 2. The Hall–Kier alpha value is -1.69. The van der Waals surface area contributed by atoms with Gasteiger partial charge in [-0.05, 0) is 36.4 Å². The van der Waals surface area contributed by atoms with E-state index in [1.807, 2.05) is 66.4 Å². The van der Waals surface area contributed by atoms with Crippen LogP contribution in [0.4, 0.5) is 5.69 Å². The summed E-state index contributed by atoms with van der Waals surface area (Å²) in [4.78, 5) is 12.1. The van der Waals surface area contributed by atoms with Crippen molar-refractivity contribution in [3.05, 3.63) is 54.6 Å². The van der Waals surface area contributed by atoms with Gasteiger partial charge in [0.05, 0.1) is 0 Å². The minimum Gasteiger partial charge on any atom is -0.457 e. The highest BCUT2D eigenvalue weighted by atomic mass is 35.5. The first-order valence-corrected chi connectivity index (χ1v) is 8.89. The number of carbonyl (C=O) groups is 1. The fourth-order valence-electron chi connectivity index (χ4n) is 2.42. The Morgan fingerprint density at radius 2 is 1.83 bits per heavy atom. The molecule has 1 heterocycles. The molecule has 6 heteroatoms. The van der Waals surface area contributed by atoms with Crippen molar-refractivity contribution >= 4 is 35.8 Å². The van der Waals surface area contributed by atoms with E-state index in [9.17, 15) is 4.79 Å². The van der Waals surface area contributed by atoms with Crippen molar-refractivity contribution in [1.82, 2.24) is 5.32 Å². The normalized spacial score (nSPS) is 16.8. The lowest BCUT2D eigenvalue weighted by Crippen LogP contribution is -2.39. The summed E-state index contributed by atoms with van der Waals surface area (Å²) >= 11 is 1.90. The van der Waals surface area contributed by atoms with Gasteiger partial charge in [0.15, 0.2) is 0 Å². The summed E-state index contributed by atoms with van der Waals surface area (Å²) in [6, 6.07) is 17.3. The van der Waals surface area contributed by atoms with Gasteiger partial charge < -0.3 is 15.4 Å². The molecule has 1 saturated heterocycles. The first-order chi connectivity index (χ1) is 11.3.